The summed E-state index contributed by atoms with van der Waals surface area (Å²) in [5.74, 6) is -1.08. The summed E-state index contributed by atoms with van der Waals surface area (Å²) in [6.45, 7) is 2.20. The molecular formula is C32H33ClF2N3O4S+. The molecule has 7 nitrogen and oxygen atoms in total. The van der Waals surface area contributed by atoms with Gasteiger partial charge in [-0.2, -0.15) is 12.3 Å². The number of carbonyl (C=O) groups excluding carboxylic acids is 1. The van der Waals surface area contributed by atoms with Crippen LogP contribution in [-0.2, 0) is 26.7 Å². The first-order chi connectivity index (χ1) is 20.7. The van der Waals surface area contributed by atoms with E-state index in [1.54, 1.807) is 6.07 Å². The van der Waals surface area contributed by atoms with Gasteiger partial charge < -0.3 is 15.4 Å². The van der Waals surface area contributed by atoms with Crippen LogP contribution in [0.5, 0.6) is 0 Å². The van der Waals surface area contributed by atoms with E-state index >= 15 is 8.42 Å². The number of sulfonamides is 1. The van der Waals surface area contributed by atoms with E-state index in [0.29, 0.717) is 30.0 Å². The van der Waals surface area contributed by atoms with Crippen molar-refractivity contribution in [2.75, 3.05) is 26.3 Å². The average molecular weight is 629 g/mol. The van der Waals surface area contributed by atoms with Crippen molar-refractivity contribution in [1.82, 2.24) is 14.5 Å². The van der Waals surface area contributed by atoms with Crippen molar-refractivity contribution in [2.45, 2.75) is 54.6 Å². The van der Waals surface area contributed by atoms with Crippen molar-refractivity contribution in [3.8, 4) is 0 Å². The highest BCUT2D eigenvalue weighted by Gasteiger charge is 2.73. The zero-order valence-corrected chi connectivity index (χ0v) is 25.1. The third-order valence-corrected chi connectivity index (χ3v) is 12.6. The van der Waals surface area contributed by atoms with Gasteiger partial charge in [0.2, 0.25) is 0 Å². The van der Waals surface area contributed by atoms with Crippen molar-refractivity contribution < 1.29 is 26.7 Å². The second-order valence-electron chi connectivity index (χ2n) is 12.2. The Balaban J connectivity index is 1.37. The number of ether oxygens (including phenoxy) is 1. The number of carbonyl (C=O) groups is 1. The lowest BCUT2D eigenvalue weighted by atomic mass is 9.68. The largest absolute Gasteiger partial charge is 0.369 e. The number of amides is 1. The van der Waals surface area contributed by atoms with E-state index in [4.69, 9.17) is 16.3 Å². The van der Waals surface area contributed by atoms with Crippen LogP contribution in [0.2, 0.25) is 5.02 Å². The highest BCUT2D eigenvalue weighted by Crippen LogP contribution is 2.63. The van der Waals surface area contributed by atoms with Crippen LogP contribution in [0.4, 0.5) is 14.5 Å². The first kappa shape index (κ1) is 28.9. The Bertz CT molecular complexity index is 1690. The number of nitrogens with zero attached hydrogens (tertiary/aromatic N) is 1. The number of rotatable bonds is 7. The summed E-state index contributed by atoms with van der Waals surface area (Å²) in [6, 6.07) is 14.0. The van der Waals surface area contributed by atoms with Crippen LogP contribution in [0, 0.1) is 17.6 Å². The summed E-state index contributed by atoms with van der Waals surface area (Å²) < 4.78 is 62.9. The number of quaternary nitrogens is 1. The predicted molar refractivity (Wildman–Crippen MR) is 159 cm³/mol. The molecule has 3 aromatic carbocycles. The number of piperidine rings is 1. The van der Waals surface area contributed by atoms with Crippen LogP contribution in [0.25, 0.3) is 0 Å². The molecule has 3 aliphatic heterocycles. The lowest BCUT2D eigenvalue weighted by molar-refractivity contribution is -0.0516. The molecule has 0 radical (unpaired) electrons. The Morgan fingerprint density at radius 3 is 2.33 bits per heavy atom. The Labute approximate surface area is 254 Å². The molecule has 4 aliphatic rings. The van der Waals surface area contributed by atoms with Gasteiger partial charge in [-0.1, -0.05) is 17.7 Å². The third-order valence-electron chi connectivity index (χ3n) is 9.84. The summed E-state index contributed by atoms with van der Waals surface area (Å²) in [5, 5.41) is 6.57. The number of hydrogen-bond donors (Lipinski definition) is 2. The minimum Gasteiger partial charge on any atom is -0.369 e. The van der Waals surface area contributed by atoms with Crippen LogP contribution < -0.4 is 14.5 Å². The fourth-order valence-electron chi connectivity index (χ4n) is 7.74. The van der Waals surface area contributed by atoms with Crippen molar-refractivity contribution in [1.29, 1.82) is 0 Å². The Hall–Kier alpha value is -2.89. The molecule has 43 heavy (non-hydrogen) atoms. The minimum atomic E-state index is -4.08. The van der Waals surface area contributed by atoms with E-state index in [2.05, 4.69) is 10.6 Å². The molecule has 2 unspecified atom stereocenters. The van der Waals surface area contributed by atoms with Crippen molar-refractivity contribution in [3.05, 3.63) is 94.0 Å². The average Bonchev–Trinajstić information content (AvgIpc) is 3.77. The quantitative estimate of drug-likeness (QED) is 0.358. The second-order valence-corrected chi connectivity index (χ2v) is 14.6. The first-order valence-corrected chi connectivity index (χ1v) is 16.6. The van der Waals surface area contributed by atoms with E-state index in [9.17, 15) is 13.6 Å². The van der Waals surface area contributed by atoms with Gasteiger partial charge in [0.15, 0.2) is 11.7 Å². The fraction of sp³-hybridized carbons (Fsp3) is 0.406. The summed E-state index contributed by atoms with van der Waals surface area (Å²) in [6.07, 6.45) is 3.35. The van der Waals surface area contributed by atoms with Crippen molar-refractivity contribution in [2.24, 2.45) is 5.92 Å². The highest BCUT2D eigenvalue weighted by atomic mass is 35.5. The van der Waals surface area contributed by atoms with Gasteiger partial charge in [-0.25, -0.2) is 8.78 Å². The van der Waals surface area contributed by atoms with Gasteiger partial charge in [0.25, 0.3) is 5.91 Å². The molecule has 2 saturated heterocycles. The molecule has 1 aliphatic carbocycles. The maximum absolute atomic E-state index is 15.0. The molecule has 3 heterocycles. The van der Waals surface area contributed by atoms with E-state index < -0.39 is 27.1 Å². The normalized spacial score (nSPS) is 24.9. The smallest absolute Gasteiger partial charge is 0.332 e. The lowest BCUT2D eigenvalue weighted by Gasteiger charge is -2.51. The van der Waals surface area contributed by atoms with Crippen LogP contribution in [0.15, 0.2) is 65.6 Å². The number of halogens is 3. The summed E-state index contributed by atoms with van der Waals surface area (Å²) in [5.41, 5.74) is 2.13. The number of benzene rings is 3. The molecule has 2 atom stereocenters. The first-order valence-electron chi connectivity index (χ1n) is 14.7. The summed E-state index contributed by atoms with van der Waals surface area (Å²) in [7, 11) is -4.08. The summed E-state index contributed by atoms with van der Waals surface area (Å²) >= 11 is 6.18. The molecule has 226 valence electrons. The number of hydrogen-bond acceptors (Lipinski definition) is 5. The minimum absolute atomic E-state index is 0.0846. The van der Waals surface area contributed by atoms with Crippen LogP contribution >= 0.6 is 11.6 Å². The van der Waals surface area contributed by atoms with Crippen molar-refractivity contribution >= 4 is 33.2 Å². The molecule has 3 fully saturated rings. The van der Waals surface area contributed by atoms with Gasteiger partial charge in [0, 0.05) is 34.7 Å². The van der Waals surface area contributed by atoms with E-state index in [0.717, 1.165) is 44.3 Å². The number of nitrogens with one attached hydrogen (secondary N) is 2. The van der Waals surface area contributed by atoms with E-state index in [1.807, 2.05) is 12.1 Å². The molecular weight excluding hydrogens is 596 g/mol. The van der Waals surface area contributed by atoms with Gasteiger partial charge in [-0.15, -0.1) is 0 Å². The second kappa shape index (κ2) is 10.6. The third kappa shape index (κ3) is 4.44. The van der Waals surface area contributed by atoms with Gasteiger partial charge in [-0.05, 0) is 92.9 Å². The van der Waals surface area contributed by atoms with Gasteiger partial charge in [0.05, 0.1) is 5.41 Å². The predicted octanol–water partition coefficient (Wildman–Crippen LogP) is 5.06. The number of fused-ring (bicyclic) bond motifs is 2. The standard InChI is InChI=1S/C32H32ClF2N3O4S/c33-28-16-24(35)5-3-22(28)17-37-31(39)21-4-10-29-27(15-21)32(11-13-36-14-12-32)30(20-1-2-20)38(29,25-18-42-19-25)43(40,41)26-8-6-23(34)7-9-26/h3-10,15-16,20,25,30,36H,1-2,11-14,17-19H2/p+1. The summed E-state index contributed by atoms with van der Waals surface area (Å²) in [4.78, 5) is 13.6. The molecule has 1 saturated carbocycles. The van der Waals surface area contributed by atoms with E-state index in [-0.39, 0.29) is 44.3 Å². The molecule has 0 bridgehead atoms. The molecule has 1 spiro atoms. The maximum Gasteiger partial charge on any atom is 0.332 e. The van der Waals surface area contributed by atoms with Crippen molar-refractivity contribution in [3.63, 3.8) is 0 Å². The SMILES string of the molecule is O=C(NCc1ccc(F)cc1Cl)c1ccc2c(c1)C1(CCNCC1)C(C1CC1)[N+]2(C1COC1)S(=O)(=O)c1ccc(F)cc1. The zero-order valence-electron chi connectivity index (χ0n) is 23.5. The van der Waals surface area contributed by atoms with Crippen LogP contribution in [0.3, 0.4) is 0 Å². The van der Waals surface area contributed by atoms with Gasteiger partial charge in [0.1, 0.15) is 35.8 Å². The highest BCUT2D eigenvalue weighted by molar-refractivity contribution is 7.91. The molecule has 11 heteroatoms. The maximum atomic E-state index is 15.0. The van der Waals surface area contributed by atoms with Crippen LogP contribution in [0.1, 0.15) is 47.2 Å². The lowest BCUT2D eigenvalue weighted by Crippen LogP contribution is -2.73. The topological polar surface area (TPSA) is 84.5 Å². The monoisotopic (exact) mass is 628 g/mol. The molecule has 0 aromatic heterocycles. The Kier molecular flexibility index (Phi) is 7.13. The zero-order chi connectivity index (χ0) is 30.0. The van der Waals surface area contributed by atoms with Gasteiger partial charge in [-0.3, -0.25) is 4.79 Å². The molecule has 7 rings (SSSR count). The Morgan fingerprint density at radius 2 is 1.70 bits per heavy atom. The van der Waals surface area contributed by atoms with Crippen LogP contribution in [-0.4, -0.2) is 52.7 Å². The molecule has 3 aromatic rings. The molecule has 2 N–H and O–H groups in total. The fourth-order valence-corrected chi connectivity index (χ4v) is 10.4. The Morgan fingerprint density at radius 1 is 1.00 bits per heavy atom. The van der Waals surface area contributed by atoms with E-state index in [1.165, 1.54) is 42.5 Å². The van der Waals surface area contributed by atoms with Gasteiger partial charge >= 0.3 is 10.0 Å². The molecule has 1 amide bonds.